The molecule has 1 aromatic heterocycles. The molecular formula is C14H12BrN3. The Morgan fingerprint density at radius 3 is 2.78 bits per heavy atom. The van der Waals surface area contributed by atoms with Gasteiger partial charge in [0.15, 0.2) is 0 Å². The molecule has 0 saturated heterocycles. The largest absolute Gasteiger partial charge is 0.362 e. The molecule has 1 heterocycles. The van der Waals surface area contributed by atoms with Crippen LogP contribution >= 0.6 is 15.9 Å². The number of hydrogen-bond donors (Lipinski definition) is 1. The fraction of sp³-hybridized carbons (Fsp3) is 0.143. The number of nitriles is 1. The summed E-state index contributed by atoms with van der Waals surface area (Å²) in [6.45, 7) is 2.04. The lowest BCUT2D eigenvalue weighted by Crippen LogP contribution is -2.09. The fourth-order valence-electron chi connectivity index (χ4n) is 1.72. The van der Waals surface area contributed by atoms with Gasteiger partial charge in [-0.2, -0.15) is 5.26 Å². The van der Waals surface area contributed by atoms with E-state index < -0.39 is 0 Å². The van der Waals surface area contributed by atoms with Gasteiger partial charge in [-0.1, -0.05) is 34.1 Å². The lowest BCUT2D eigenvalue weighted by molar-refractivity contribution is 0.868. The number of rotatable bonds is 3. The monoisotopic (exact) mass is 301 g/mol. The average Bonchev–Trinajstić information content (AvgIpc) is 2.39. The van der Waals surface area contributed by atoms with Crippen molar-refractivity contribution >= 4 is 21.7 Å². The third kappa shape index (κ3) is 2.69. The van der Waals surface area contributed by atoms with Gasteiger partial charge in [0.05, 0.1) is 11.6 Å². The molecular weight excluding hydrogens is 290 g/mol. The third-order valence-corrected chi connectivity index (χ3v) is 3.38. The zero-order valence-corrected chi connectivity index (χ0v) is 11.5. The fourth-order valence-corrected chi connectivity index (χ4v) is 2.35. The topological polar surface area (TPSA) is 48.7 Å². The number of aromatic nitrogens is 1. The maximum atomic E-state index is 9.02. The number of benzene rings is 1. The van der Waals surface area contributed by atoms with Gasteiger partial charge in [-0.05, 0) is 30.7 Å². The third-order valence-electron chi connectivity index (χ3n) is 2.65. The lowest BCUT2D eigenvalue weighted by Gasteiger charge is -2.16. The van der Waals surface area contributed by atoms with E-state index in [1.165, 1.54) is 0 Å². The number of halogens is 1. The Bertz CT molecular complexity index is 590. The Morgan fingerprint density at radius 1 is 1.28 bits per heavy atom. The van der Waals surface area contributed by atoms with Gasteiger partial charge < -0.3 is 5.32 Å². The molecule has 4 heteroatoms. The number of nitrogens with one attached hydrogen (secondary N) is 1. The molecule has 3 nitrogen and oxygen atoms in total. The maximum Gasteiger partial charge on any atom is 0.144 e. The van der Waals surface area contributed by atoms with Crippen LogP contribution in [0.15, 0.2) is 47.1 Å². The molecule has 2 rings (SSSR count). The van der Waals surface area contributed by atoms with Crippen LogP contribution in [0.2, 0.25) is 0 Å². The van der Waals surface area contributed by atoms with Crippen LogP contribution in [0.5, 0.6) is 0 Å². The molecule has 1 aromatic carbocycles. The van der Waals surface area contributed by atoms with Crippen LogP contribution in [0.25, 0.3) is 0 Å². The quantitative estimate of drug-likeness (QED) is 0.935. The minimum absolute atomic E-state index is 0.0718. The summed E-state index contributed by atoms with van der Waals surface area (Å²) in [5, 5.41) is 12.3. The summed E-state index contributed by atoms with van der Waals surface area (Å²) in [6, 6.07) is 13.7. The molecule has 90 valence electrons. The molecule has 0 saturated carbocycles. The first-order valence-corrected chi connectivity index (χ1v) is 6.37. The zero-order valence-electron chi connectivity index (χ0n) is 9.89. The van der Waals surface area contributed by atoms with Gasteiger partial charge in [0.25, 0.3) is 0 Å². The molecule has 0 radical (unpaired) electrons. The zero-order chi connectivity index (χ0) is 13.0. The summed E-state index contributed by atoms with van der Waals surface area (Å²) in [5.74, 6) is 0.614. The highest BCUT2D eigenvalue weighted by molar-refractivity contribution is 9.10. The van der Waals surface area contributed by atoms with Gasteiger partial charge >= 0.3 is 0 Å². The first kappa shape index (κ1) is 12.6. The summed E-state index contributed by atoms with van der Waals surface area (Å²) >= 11 is 3.52. The second-order valence-electron chi connectivity index (χ2n) is 3.90. The van der Waals surface area contributed by atoms with Crippen LogP contribution in [0.4, 0.5) is 5.82 Å². The Balaban J connectivity index is 2.25. The molecule has 2 aromatic rings. The van der Waals surface area contributed by atoms with Crippen molar-refractivity contribution in [3.05, 3.63) is 58.2 Å². The van der Waals surface area contributed by atoms with Crippen LogP contribution in [0.3, 0.4) is 0 Å². The van der Waals surface area contributed by atoms with E-state index in [1.807, 2.05) is 31.2 Å². The highest BCUT2D eigenvalue weighted by atomic mass is 79.9. The second kappa shape index (κ2) is 5.65. The Morgan fingerprint density at radius 2 is 2.06 bits per heavy atom. The van der Waals surface area contributed by atoms with Crippen molar-refractivity contribution in [2.75, 3.05) is 5.32 Å². The minimum atomic E-state index is 0.0718. The molecule has 18 heavy (non-hydrogen) atoms. The Hall–Kier alpha value is -1.86. The van der Waals surface area contributed by atoms with E-state index >= 15 is 0 Å². The molecule has 0 amide bonds. The van der Waals surface area contributed by atoms with E-state index in [-0.39, 0.29) is 6.04 Å². The van der Waals surface area contributed by atoms with Crippen LogP contribution in [-0.2, 0) is 0 Å². The highest BCUT2D eigenvalue weighted by Crippen LogP contribution is 2.26. The van der Waals surface area contributed by atoms with Gasteiger partial charge in [-0.25, -0.2) is 4.98 Å². The molecule has 0 unspecified atom stereocenters. The Kier molecular flexibility index (Phi) is 3.96. The van der Waals surface area contributed by atoms with Crippen LogP contribution < -0.4 is 5.32 Å². The molecule has 1 N–H and O–H groups in total. The number of anilines is 1. The molecule has 0 aliphatic carbocycles. The highest BCUT2D eigenvalue weighted by Gasteiger charge is 2.11. The smallest absolute Gasteiger partial charge is 0.144 e. The molecule has 1 atom stereocenters. The van der Waals surface area contributed by atoms with Gasteiger partial charge in [0.2, 0.25) is 0 Å². The SMILES string of the molecule is C[C@@H](Nc1ncccc1C#N)c1ccccc1Br. The van der Waals surface area contributed by atoms with Crippen molar-refractivity contribution in [3.8, 4) is 6.07 Å². The van der Waals surface area contributed by atoms with Crippen LogP contribution in [0.1, 0.15) is 24.1 Å². The summed E-state index contributed by atoms with van der Waals surface area (Å²) in [6.07, 6.45) is 1.68. The van der Waals surface area contributed by atoms with Gasteiger partial charge in [0, 0.05) is 10.7 Å². The first-order chi connectivity index (χ1) is 8.72. The van der Waals surface area contributed by atoms with E-state index in [1.54, 1.807) is 18.3 Å². The number of pyridine rings is 1. The molecule has 0 aliphatic rings. The van der Waals surface area contributed by atoms with Crippen LogP contribution in [-0.4, -0.2) is 4.98 Å². The van der Waals surface area contributed by atoms with Gasteiger partial charge in [-0.3, -0.25) is 0 Å². The Labute approximate surface area is 115 Å². The first-order valence-electron chi connectivity index (χ1n) is 5.58. The summed E-state index contributed by atoms with van der Waals surface area (Å²) < 4.78 is 1.04. The number of nitrogens with zero attached hydrogens (tertiary/aromatic N) is 2. The molecule has 0 aliphatic heterocycles. The predicted molar refractivity (Wildman–Crippen MR) is 75.1 cm³/mol. The van der Waals surface area contributed by atoms with E-state index in [0.29, 0.717) is 11.4 Å². The average molecular weight is 302 g/mol. The second-order valence-corrected chi connectivity index (χ2v) is 4.75. The predicted octanol–water partition coefficient (Wildman–Crippen LogP) is 3.89. The van der Waals surface area contributed by atoms with Gasteiger partial charge in [-0.15, -0.1) is 0 Å². The van der Waals surface area contributed by atoms with Crippen LogP contribution in [0, 0.1) is 11.3 Å². The van der Waals surface area contributed by atoms with E-state index in [4.69, 9.17) is 5.26 Å². The summed E-state index contributed by atoms with van der Waals surface area (Å²) in [7, 11) is 0. The van der Waals surface area contributed by atoms with E-state index in [2.05, 4.69) is 32.3 Å². The van der Waals surface area contributed by atoms with E-state index in [0.717, 1.165) is 10.0 Å². The van der Waals surface area contributed by atoms with Crippen molar-refractivity contribution in [2.24, 2.45) is 0 Å². The molecule has 0 fully saturated rings. The summed E-state index contributed by atoms with van der Waals surface area (Å²) in [4.78, 5) is 4.20. The molecule has 0 bridgehead atoms. The molecule has 0 spiro atoms. The van der Waals surface area contributed by atoms with E-state index in [9.17, 15) is 0 Å². The van der Waals surface area contributed by atoms with Crippen molar-refractivity contribution < 1.29 is 0 Å². The standard InChI is InChI=1S/C14H12BrN3/c1-10(12-6-2-3-7-13(12)15)18-14-11(9-16)5-4-8-17-14/h2-8,10H,1H3,(H,17,18)/t10-/m1/s1. The minimum Gasteiger partial charge on any atom is -0.362 e. The lowest BCUT2D eigenvalue weighted by atomic mass is 10.1. The van der Waals surface area contributed by atoms with Gasteiger partial charge in [0.1, 0.15) is 11.9 Å². The van der Waals surface area contributed by atoms with Crippen molar-refractivity contribution in [1.82, 2.24) is 4.98 Å². The van der Waals surface area contributed by atoms with Crippen molar-refractivity contribution in [1.29, 1.82) is 5.26 Å². The van der Waals surface area contributed by atoms with Crippen molar-refractivity contribution in [3.63, 3.8) is 0 Å². The normalized spacial score (nSPS) is 11.6. The summed E-state index contributed by atoms with van der Waals surface area (Å²) in [5.41, 5.74) is 1.68. The van der Waals surface area contributed by atoms with Crippen molar-refractivity contribution in [2.45, 2.75) is 13.0 Å². The number of hydrogen-bond acceptors (Lipinski definition) is 3. The maximum absolute atomic E-state index is 9.02.